The van der Waals surface area contributed by atoms with Crippen molar-refractivity contribution >= 4 is 11.6 Å². The van der Waals surface area contributed by atoms with Crippen LogP contribution in [0.3, 0.4) is 0 Å². The summed E-state index contributed by atoms with van der Waals surface area (Å²) in [5.41, 5.74) is 1.68. The van der Waals surface area contributed by atoms with Gasteiger partial charge in [-0.3, -0.25) is 4.79 Å². The Balaban J connectivity index is 0.000000861. The molecule has 0 aliphatic carbocycles. The van der Waals surface area contributed by atoms with Crippen molar-refractivity contribution in [3.63, 3.8) is 0 Å². The van der Waals surface area contributed by atoms with Gasteiger partial charge in [0.05, 0.1) is 0 Å². The highest BCUT2D eigenvalue weighted by molar-refractivity contribution is 5.93. The number of amides is 1. The van der Waals surface area contributed by atoms with Crippen LogP contribution in [-0.4, -0.2) is 19.0 Å². The topological polar surface area (TPSA) is 32.3 Å². The summed E-state index contributed by atoms with van der Waals surface area (Å²) >= 11 is 0. The smallest absolute Gasteiger partial charge is 0.224 e. The molecule has 1 aromatic rings. The van der Waals surface area contributed by atoms with E-state index in [1.165, 1.54) is 12.1 Å². The van der Waals surface area contributed by atoms with Crippen LogP contribution in [0.1, 0.15) is 31.9 Å². The molecule has 1 aromatic carbocycles. The van der Waals surface area contributed by atoms with Gasteiger partial charge in [-0.15, -0.1) is 13.2 Å². The van der Waals surface area contributed by atoms with Gasteiger partial charge in [-0.25, -0.2) is 4.39 Å². The lowest BCUT2D eigenvalue weighted by molar-refractivity contribution is -0.117. The Bertz CT molecular complexity index is 461. The first-order valence-corrected chi connectivity index (χ1v) is 6.31. The summed E-state index contributed by atoms with van der Waals surface area (Å²) < 4.78 is 13.3. The van der Waals surface area contributed by atoms with Crippen molar-refractivity contribution in [3.8, 4) is 0 Å². The number of rotatable bonds is 1. The summed E-state index contributed by atoms with van der Waals surface area (Å²) in [6, 6.07) is 4.83. The van der Waals surface area contributed by atoms with Gasteiger partial charge in [0.15, 0.2) is 0 Å². The maximum Gasteiger partial charge on any atom is 0.224 e. The van der Waals surface area contributed by atoms with Crippen molar-refractivity contribution in [2.75, 3.05) is 11.9 Å². The normalized spacial score (nSPS) is 21.2. The van der Waals surface area contributed by atoms with Crippen molar-refractivity contribution < 1.29 is 9.18 Å². The van der Waals surface area contributed by atoms with Crippen LogP contribution in [0.25, 0.3) is 0 Å². The Kier molecular flexibility index (Phi) is 5.24. The fraction of sp³-hybridized carbons (Fsp3) is 0.400. The molecule has 1 aliphatic rings. The van der Waals surface area contributed by atoms with Crippen molar-refractivity contribution in [2.24, 2.45) is 0 Å². The molecule has 104 valence electrons. The van der Waals surface area contributed by atoms with Gasteiger partial charge in [-0.1, -0.05) is 0 Å². The van der Waals surface area contributed by atoms with Crippen molar-refractivity contribution in [1.29, 1.82) is 0 Å². The third-order valence-electron chi connectivity index (χ3n) is 3.33. The van der Waals surface area contributed by atoms with Crippen molar-refractivity contribution in [1.82, 2.24) is 5.32 Å². The van der Waals surface area contributed by atoms with Crippen LogP contribution in [0.15, 0.2) is 31.4 Å². The molecule has 1 amide bonds. The Morgan fingerprint density at radius 1 is 1.47 bits per heavy atom. The van der Waals surface area contributed by atoms with Crippen LogP contribution in [0, 0.1) is 5.82 Å². The fourth-order valence-corrected chi connectivity index (χ4v) is 2.59. The first kappa shape index (κ1) is 15.4. The van der Waals surface area contributed by atoms with E-state index in [9.17, 15) is 9.18 Å². The molecule has 1 heterocycles. The van der Waals surface area contributed by atoms with Gasteiger partial charge in [-0.05, 0) is 44.2 Å². The average Bonchev–Trinajstić information content (AvgIpc) is 2.40. The van der Waals surface area contributed by atoms with E-state index in [1.807, 2.05) is 14.0 Å². The maximum atomic E-state index is 13.3. The zero-order chi connectivity index (χ0) is 14.6. The van der Waals surface area contributed by atoms with Gasteiger partial charge in [0.2, 0.25) is 5.91 Å². The lowest BCUT2D eigenvalue weighted by Crippen LogP contribution is -2.44. The number of benzene rings is 1. The molecule has 2 unspecified atom stereocenters. The van der Waals surface area contributed by atoms with Gasteiger partial charge in [-0.2, -0.15) is 0 Å². The van der Waals surface area contributed by atoms with E-state index in [-0.39, 0.29) is 23.8 Å². The maximum absolute atomic E-state index is 13.3. The third-order valence-corrected chi connectivity index (χ3v) is 3.33. The van der Waals surface area contributed by atoms with Gasteiger partial charge in [0.1, 0.15) is 5.82 Å². The predicted octanol–water partition coefficient (Wildman–Crippen LogP) is 3.03. The minimum atomic E-state index is -0.262. The molecule has 0 saturated carbocycles. The van der Waals surface area contributed by atoms with E-state index in [0.717, 1.165) is 17.7 Å². The largest absolute Gasteiger partial charge is 0.313 e. The second-order valence-corrected chi connectivity index (χ2v) is 4.52. The van der Waals surface area contributed by atoms with Crippen molar-refractivity contribution in [2.45, 2.75) is 32.4 Å². The van der Waals surface area contributed by atoms with E-state index in [0.29, 0.717) is 0 Å². The minimum absolute atomic E-state index is 0.0000822. The number of nitrogens with zero attached hydrogens (tertiary/aromatic N) is 1. The number of anilines is 1. The molecule has 0 radical (unpaired) electrons. The number of hydrogen-bond donors (Lipinski definition) is 1. The summed E-state index contributed by atoms with van der Waals surface area (Å²) in [7, 11) is 1.86. The predicted molar refractivity (Wildman–Crippen MR) is 76.7 cm³/mol. The molecule has 0 saturated heterocycles. The van der Waals surface area contributed by atoms with Gasteiger partial charge >= 0.3 is 0 Å². The molecule has 0 aromatic heterocycles. The number of nitrogens with one attached hydrogen (secondary N) is 1. The molecule has 2 atom stereocenters. The zero-order valence-corrected chi connectivity index (χ0v) is 11.7. The van der Waals surface area contributed by atoms with Crippen LogP contribution in [-0.2, 0) is 4.79 Å². The van der Waals surface area contributed by atoms with Crippen molar-refractivity contribution in [3.05, 3.63) is 42.7 Å². The van der Waals surface area contributed by atoms with Crippen LogP contribution in [0.4, 0.5) is 10.1 Å². The lowest BCUT2D eigenvalue weighted by atomic mass is 9.91. The summed E-state index contributed by atoms with van der Waals surface area (Å²) in [6.07, 6.45) is 0.798. The monoisotopic (exact) mass is 264 g/mol. The van der Waals surface area contributed by atoms with Crippen LogP contribution >= 0.6 is 0 Å². The third kappa shape index (κ3) is 3.01. The Hall–Kier alpha value is -1.68. The fourth-order valence-electron chi connectivity index (χ4n) is 2.59. The molecule has 1 aliphatic heterocycles. The second kappa shape index (κ2) is 6.48. The molecule has 3 nitrogen and oxygen atoms in total. The van der Waals surface area contributed by atoms with Gasteiger partial charge < -0.3 is 10.2 Å². The minimum Gasteiger partial charge on any atom is -0.313 e. The highest BCUT2D eigenvalue weighted by atomic mass is 19.1. The quantitative estimate of drug-likeness (QED) is 0.791. The van der Waals surface area contributed by atoms with Crippen LogP contribution in [0.5, 0.6) is 0 Å². The number of halogens is 1. The average molecular weight is 264 g/mol. The van der Waals surface area contributed by atoms with Gasteiger partial charge in [0.25, 0.3) is 0 Å². The van der Waals surface area contributed by atoms with Crippen LogP contribution < -0.4 is 10.2 Å². The second-order valence-electron chi connectivity index (χ2n) is 4.52. The molecule has 0 fully saturated rings. The first-order valence-electron chi connectivity index (χ1n) is 6.31. The van der Waals surface area contributed by atoms with Crippen LogP contribution in [0.2, 0.25) is 0 Å². The highest BCUT2D eigenvalue weighted by Gasteiger charge is 2.31. The number of fused-ring (bicyclic) bond motifs is 1. The van der Waals surface area contributed by atoms with E-state index in [4.69, 9.17) is 0 Å². The van der Waals surface area contributed by atoms with E-state index < -0.39 is 0 Å². The Labute approximate surface area is 114 Å². The Morgan fingerprint density at radius 2 is 2.11 bits per heavy atom. The van der Waals surface area contributed by atoms with E-state index in [2.05, 4.69) is 18.5 Å². The summed E-state index contributed by atoms with van der Waals surface area (Å²) in [5, 5.41) is 3.17. The zero-order valence-electron chi connectivity index (χ0n) is 11.7. The molecule has 1 N–H and O–H groups in total. The molecular formula is C15H21FN2O. The molecule has 4 heteroatoms. The molecule has 0 spiro atoms. The number of carbonyl (C=O) groups is 1. The summed E-state index contributed by atoms with van der Waals surface area (Å²) in [4.78, 5) is 13.4. The lowest BCUT2D eigenvalue weighted by Gasteiger charge is -2.38. The molecular weight excluding hydrogens is 243 g/mol. The molecule has 19 heavy (non-hydrogen) atoms. The molecule has 0 bridgehead atoms. The number of carbonyl (C=O) groups excluding carboxylic acids is 1. The van der Waals surface area contributed by atoms with E-state index >= 15 is 0 Å². The van der Waals surface area contributed by atoms with E-state index in [1.54, 1.807) is 17.9 Å². The number of hydrogen-bond acceptors (Lipinski definition) is 2. The van der Waals surface area contributed by atoms with Gasteiger partial charge in [0, 0.05) is 24.7 Å². The highest BCUT2D eigenvalue weighted by Crippen LogP contribution is 2.37. The summed E-state index contributed by atoms with van der Waals surface area (Å²) in [5.74, 6) is -0.262. The Morgan fingerprint density at radius 3 is 2.63 bits per heavy atom. The SMILES string of the molecule is C=C.CNC1CC(C)N(C(C)=O)c2ccc(F)cc21. The summed E-state index contributed by atoms with van der Waals surface area (Å²) in [6.45, 7) is 9.56. The first-order chi connectivity index (χ1) is 9.04. The molecule has 2 rings (SSSR count). The standard InChI is InChI=1S/C13H17FN2O.C2H4/c1-8-6-12(15-3)11-7-10(14)4-5-13(11)16(8)9(2)17;1-2/h4-5,7-8,12,15H,6H2,1-3H3;1-2H2.